The van der Waals surface area contributed by atoms with E-state index in [2.05, 4.69) is 17.3 Å². The van der Waals surface area contributed by atoms with Gasteiger partial charge in [0, 0.05) is 19.7 Å². The Hall–Kier alpha value is -2.01. The molecule has 0 bridgehead atoms. The van der Waals surface area contributed by atoms with E-state index in [1.807, 2.05) is 45.2 Å². The molecule has 0 atom stereocenters. The van der Waals surface area contributed by atoms with E-state index in [1.54, 1.807) is 4.68 Å². The largest absolute Gasteiger partial charge is 0.494 e. The molecular weight excluding hydrogens is 266 g/mol. The van der Waals surface area contributed by atoms with Crippen LogP contribution in [-0.2, 0) is 13.6 Å². The highest BCUT2D eigenvalue weighted by Crippen LogP contribution is 2.29. The molecule has 1 N–H and O–H groups in total. The number of rotatable bonds is 7. The molecule has 5 nitrogen and oxygen atoms in total. The van der Waals surface area contributed by atoms with E-state index in [0.29, 0.717) is 6.61 Å². The summed E-state index contributed by atoms with van der Waals surface area (Å²) in [6.07, 6.45) is 0. The summed E-state index contributed by atoms with van der Waals surface area (Å²) in [4.78, 5) is 0. The number of hydrogen-bond acceptors (Lipinski definition) is 4. The van der Waals surface area contributed by atoms with Crippen molar-refractivity contribution in [3.05, 3.63) is 35.5 Å². The fraction of sp³-hybridized carbons (Fsp3) is 0.438. The zero-order valence-corrected chi connectivity index (χ0v) is 13.1. The molecule has 0 aliphatic carbocycles. The second kappa shape index (κ2) is 7.13. The number of nitrogens with zero attached hydrogens (tertiary/aromatic N) is 2. The Bertz CT molecular complexity index is 593. The Morgan fingerprint density at radius 3 is 2.71 bits per heavy atom. The highest BCUT2D eigenvalue weighted by Gasteiger charge is 2.15. The van der Waals surface area contributed by atoms with Crippen LogP contribution >= 0.6 is 0 Å². The van der Waals surface area contributed by atoms with Gasteiger partial charge in [0.15, 0.2) is 0 Å². The molecule has 1 aromatic carbocycles. The van der Waals surface area contributed by atoms with Crippen LogP contribution in [0.3, 0.4) is 0 Å². The Balaban J connectivity index is 2.24. The first-order valence-electron chi connectivity index (χ1n) is 7.29. The van der Waals surface area contributed by atoms with Crippen molar-refractivity contribution in [2.45, 2.75) is 27.3 Å². The maximum absolute atomic E-state index is 6.03. The van der Waals surface area contributed by atoms with Gasteiger partial charge in [-0.15, -0.1) is 0 Å². The van der Waals surface area contributed by atoms with Crippen molar-refractivity contribution >= 4 is 0 Å². The minimum absolute atomic E-state index is 0.639. The van der Waals surface area contributed by atoms with Crippen LogP contribution in [0.15, 0.2) is 24.3 Å². The molecule has 1 aromatic heterocycles. The van der Waals surface area contributed by atoms with Gasteiger partial charge in [-0.3, -0.25) is 0 Å². The minimum atomic E-state index is 0.639. The van der Waals surface area contributed by atoms with E-state index < -0.39 is 0 Å². The van der Waals surface area contributed by atoms with Gasteiger partial charge in [0.25, 0.3) is 0 Å². The van der Waals surface area contributed by atoms with Gasteiger partial charge in [0.05, 0.1) is 17.9 Å². The number of benzene rings is 1. The van der Waals surface area contributed by atoms with Crippen LogP contribution in [0.5, 0.6) is 17.4 Å². The number of ether oxygens (including phenoxy) is 2. The smallest absolute Gasteiger partial charge is 0.222 e. The Morgan fingerprint density at radius 1 is 1.24 bits per heavy atom. The Kier molecular flexibility index (Phi) is 5.22. The van der Waals surface area contributed by atoms with E-state index in [9.17, 15) is 0 Å². The predicted octanol–water partition coefficient (Wildman–Crippen LogP) is 3.03. The van der Waals surface area contributed by atoms with Crippen LogP contribution in [-0.4, -0.2) is 22.9 Å². The number of nitrogens with one attached hydrogen (secondary N) is 1. The van der Waals surface area contributed by atoms with Crippen LogP contribution in [0, 0.1) is 6.92 Å². The molecular formula is C16H23N3O2. The highest BCUT2D eigenvalue weighted by molar-refractivity contribution is 5.39. The molecule has 0 fully saturated rings. The summed E-state index contributed by atoms with van der Waals surface area (Å²) in [7, 11) is 1.89. The van der Waals surface area contributed by atoms with Crippen molar-refractivity contribution in [2.24, 2.45) is 7.05 Å². The third kappa shape index (κ3) is 3.76. The van der Waals surface area contributed by atoms with Crippen molar-refractivity contribution in [2.75, 3.05) is 13.2 Å². The normalized spacial score (nSPS) is 10.7. The van der Waals surface area contributed by atoms with Crippen molar-refractivity contribution in [3.63, 3.8) is 0 Å². The number of hydrogen-bond donors (Lipinski definition) is 1. The first kappa shape index (κ1) is 15.4. The molecule has 21 heavy (non-hydrogen) atoms. The predicted molar refractivity (Wildman–Crippen MR) is 83.0 cm³/mol. The number of aryl methyl sites for hydroxylation is 2. The van der Waals surface area contributed by atoms with Crippen molar-refractivity contribution in [1.29, 1.82) is 0 Å². The molecule has 0 saturated heterocycles. The summed E-state index contributed by atoms with van der Waals surface area (Å²) in [5.74, 6) is 2.32. The van der Waals surface area contributed by atoms with Crippen molar-refractivity contribution in [3.8, 4) is 17.4 Å². The molecule has 0 aliphatic heterocycles. The molecule has 0 aliphatic rings. The zero-order valence-electron chi connectivity index (χ0n) is 13.1. The lowest BCUT2D eigenvalue weighted by Gasteiger charge is -2.10. The summed E-state index contributed by atoms with van der Waals surface area (Å²) in [5, 5.41) is 7.76. The summed E-state index contributed by atoms with van der Waals surface area (Å²) in [6.45, 7) is 8.34. The zero-order chi connectivity index (χ0) is 15.2. The standard InChI is InChI=1S/C16H23N3O2/c1-5-17-11-15-12(3)18-19(4)16(15)21-14-9-7-8-13(10-14)20-6-2/h7-10,17H,5-6,11H2,1-4H3. The molecule has 0 unspecified atom stereocenters. The SMILES string of the molecule is CCNCc1c(C)nn(C)c1Oc1cccc(OCC)c1. The third-order valence-corrected chi connectivity index (χ3v) is 3.17. The van der Waals surface area contributed by atoms with Gasteiger partial charge in [-0.1, -0.05) is 13.0 Å². The lowest BCUT2D eigenvalue weighted by molar-refractivity contribution is 0.337. The lowest BCUT2D eigenvalue weighted by Crippen LogP contribution is -2.12. The Morgan fingerprint density at radius 2 is 2.00 bits per heavy atom. The van der Waals surface area contributed by atoms with Gasteiger partial charge >= 0.3 is 0 Å². The average molecular weight is 289 g/mol. The van der Waals surface area contributed by atoms with E-state index >= 15 is 0 Å². The van der Waals surface area contributed by atoms with E-state index in [1.165, 1.54) is 0 Å². The average Bonchev–Trinajstić information content (AvgIpc) is 2.72. The summed E-state index contributed by atoms with van der Waals surface area (Å²) < 4.78 is 13.3. The van der Waals surface area contributed by atoms with Gasteiger partial charge in [0.1, 0.15) is 11.5 Å². The molecule has 5 heteroatoms. The van der Waals surface area contributed by atoms with Crippen LogP contribution in [0.1, 0.15) is 25.1 Å². The molecule has 2 rings (SSSR count). The fourth-order valence-electron chi connectivity index (χ4n) is 2.17. The molecule has 0 radical (unpaired) electrons. The van der Waals surface area contributed by atoms with E-state index in [4.69, 9.17) is 9.47 Å². The quantitative estimate of drug-likeness (QED) is 0.851. The monoisotopic (exact) mass is 289 g/mol. The minimum Gasteiger partial charge on any atom is -0.494 e. The molecule has 1 heterocycles. The second-order valence-corrected chi connectivity index (χ2v) is 4.78. The van der Waals surface area contributed by atoms with Crippen molar-refractivity contribution in [1.82, 2.24) is 15.1 Å². The van der Waals surface area contributed by atoms with Gasteiger partial charge in [-0.2, -0.15) is 5.10 Å². The fourth-order valence-corrected chi connectivity index (χ4v) is 2.17. The summed E-state index contributed by atoms with van der Waals surface area (Å²) in [5.41, 5.74) is 2.07. The van der Waals surface area contributed by atoms with Crippen LogP contribution in [0.2, 0.25) is 0 Å². The van der Waals surface area contributed by atoms with E-state index in [0.717, 1.165) is 41.7 Å². The van der Waals surface area contributed by atoms with E-state index in [-0.39, 0.29) is 0 Å². The molecule has 0 amide bonds. The van der Waals surface area contributed by atoms with Crippen LogP contribution in [0.4, 0.5) is 0 Å². The number of aromatic nitrogens is 2. The molecule has 0 saturated carbocycles. The first-order chi connectivity index (χ1) is 10.2. The lowest BCUT2D eigenvalue weighted by atomic mass is 10.2. The topological polar surface area (TPSA) is 48.3 Å². The summed E-state index contributed by atoms with van der Waals surface area (Å²) >= 11 is 0. The van der Waals surface area contributed by atoms with Gasteiger partial charge in [-0.05, 0) is 32.5 Å². The third-order valence-electron chi connectivity index (χ3n) is 3.17. The van der Waals surface area contributed by atoms with Gasteiger partial charge in [-0.25, -0.2) is 4.68 Å². The van der Waals surface area contributed by atoms with Crippen LogP contribution in [0.25, 0.3) is 0 Å². The second-order valence-electron chi connectivity index (χ2n) is 4.78. The Labute approximate surface area is 125 Å². The summed E-state index contributed by atoms with van der Waals surface area (Å²) in [6, 6.07) is 7.66. The van der Waals surface area contributed by atoms with Gasteiger partial charge < -0.3 is 14.8 Å². The van der Waals surface area contributed by atoms with Gasteiger partial charge in [0.2, 0.25) is 5.88 Å². The maximum atomic E-state index is 6.03. The van der Waals surface area contributed by atoms with Crippen LogP contribution < -0.4 is 14.8 Å². The molecule has 114 valence electrons. The molecule has 2 aromatic rings. The van der Waals surface area contributed by atoms with Crippen molar-refractivity contribution < 1.29 is 9.47 Å². The first-order valence-corrected chi connectivity index (χ1v) is 7.29. The maximum Gasteiger partial charge on any atom is 0.222 e. The molecule has 0 spiro atoms. The highest BCUT2D eigenvalue weighted by atomic mass is 16.5.